The first kappa shape index (κ1) is 18.4. The summed E-state index contributed by atoms with van der Waals surface area (Å²) in [4.78, 5) is 25.1. The van der Waals surface area contributed by atoms with Crippen LogP contribution in [0.5, 0.6) is 11.5 Å². The van der Waals surface area contributed by atoms with E-state index in [1.54, 1.807) is 30.3 Å². The van der Waals surface area contributed by atoms with Gasteiger partial charge in [0, 0.05) is 10.0 Å². The molecule has 0 saturated carbocycles. The number of carbonyl (C=O) groups excluding carboxylic acids is 2. The molecule has 9 heteroatoms. The average Bonchev–Trinajstić information content (AvgIpc) is 2.86. The number of benzene rings is 2. The molecular weight excluding hydrogens is 440 g/mol. The van der Waals surface area contributed by atoms with Crippen molar-refractivity contribution in [2.24, 2.45) is 0 Å². The lowest BCUT2D eigenvalue weighted by atomic mass is 10.2. The second kappa shape index (κ2) is 7.48. The SMILES string of the molecule is O=C(NN1C(=O)C(=Cc2ccc(O)c(O)c2)SC1=S)c1ccc(Br)cc1. The minimum absolute atomic E-state index is 0.190. The summed E-state index contributed by atoms with van der Waals surface area (Å²) in [6.07, 6.45) is 1.52. The number of hydrazine groups is 1. The summed E-state index contributed by atoms with van der Waals surface area (Å²) >= 11 is 9.48. The van der Waals surface area contributed by atoms with Crippen LogP contribution in [0.1, 0.15) is 15.9 Å². The summed E-state index contributed by atoms with van der Waals surface area (Å²) in [5.74, 6) is -1.48. The van der Waals surface area contributed by atoms with Crippen LogP contribution < -0.4 is 5.43 Å². The first-order chi connectivity index (χ1) is 12.3. The third-order valence-corrected chi connectivity index (χ3v) is 5.24. The van der Waals surface area contributed by atoms with Gasteiger partial charge in [0.25, 0.3) is 11.8 Å². The predicted octanol–water partition coefficient (Wildman–Crippen LogP) is 3.41. The standard InChI is InChI=1S/C17H11BrN2O4S2/c18-11-4-2-10(3-5-11)15(23)19-20-16(24)14(26-17(20)25)8-9-1-6-12(21)13(22)7-9/h1-8,21-22H,(H,19,23). The Morgan fingerprint density at radius 2 is 1.85 bits per heavy atom. The Bertz CT molecular complexity index is 944. The van der Waals surface area contributed by atoms with Crippen molar-refractivity contribution in [2.45, 2.75) is 0 Å². The Morgan fingerprint density at radius 3 is 2.50 bits per heavy atom. The number of thiocarbonyl (C=S) groups is 1. The number of nitrogens with zero attached hydrogens (tertiary/aromatic N) is 1. The van der Waals surface area contributed by atoms with Crippen LogP contribution in [0.4, 0.5) is 0 Å². The number of rotatable bonds is 3. The molecule has 6 nitrogen and oxygen atoms in total. The molecule has 2 aromatic rings. The quantitative estimate of drug-likeness (QED) is 0.377. The minimum atomic E-state index is -0.474. The van der Waals surface area contributed by atoms with Gasteiger partial charge in [-0.3, -0.25) is 15.0 Å². The molecule has 0 aromatic heterocycles. The lowest BCUT2D eigenvalue weighted by Gasteiger charge is -2.15. The van der Waals surface area contributed by atoms with Gasteiger partial charge in [0.05, 0.1) is 4.91 Å². The maximum atomic E-state index is 12.5. The topological polar surface area (TPSA) is 89.9 Å². The van der Waals surface area contributed by atoms with Crippen molar-refractivity contribution >= 4 is 62.1 Å². The van der Waals surface area contributed by atoms with Crippen LogP contribution in [0.25, 0.3) is 6.08 Å². The van der Waals surface area contributed by atoms with Crippen molar-refractivity contribution < 1.29 is 19.8 Å². The van der Waals surface area contributed by atoms with E-state index in [0.717, 1.165) is 21.2 Å². The Balaban J connectivity index is 1.78. The van der Waals surface area contributed by atoms with E-state index < -0.39 is 11.8 Å². The van der Waals surface area contributed by atoms with E-state index in [4.69, 9.17) is 12.2 Å². The van der Waals surface area contributed by atoms with Crippen LogP contribution in [0.2, 0.25) is 0 Å². The minimum Gasteiger partial charge on any atom is -0.504 e. The normalized spacial score (nSPS) is 15.6. The summed E-state index contributed by atoms with van der Waals surface area (Å²) in [6.45, 7) is 0. The van der Waals surface area contributed by atoms with Gasteiger partial charge >= 0.3 is 0 Å². The molecule has 0 unspecified atom stereocenters. The van der Waals surface area contributed by atoms with Gasteiger partial charge in [-0.25, -0.2) is 0 Å². The predicted molar refractivity (Wildman–Crippen MR) is 106 cm³/mol. The molecule has 1 aliphatic rings. The van der Waals surface area contributed by atoms with Crippen LogP contribution in [0, 0.1) is 0 Å². The van der Waals surface area contributed by atoms with E-state index in [9.17, 15) is 19.8 Å². The molecule has 0 spiro atoms. The van der Waals surface area contributed by atoms with Gasteiger partial charge in [-0.15, -0.1) is 0 Å². The van der Waals surface area contributed by atoms with Crippen LogP contribution in [0.3, 0.4) is 0 Å². The number of amides is 2. The Morgan fingerprint density at radius 1 is 1.15 bits per heavy atom. The number of thioether (sulfide) groups is 1. The van der Waals surface area contributed by atoms with Gasteiger partial charge < -0.3 is 10.2 Å². The molecule has 1 aliphatic heterocycles. The summed E-state index contributed by atoms with van der Waals surface area (Å²) in [5, 5.41) is 19.9. The first-order valence-corrected chi connectivity index (χ1v) is 9.23. The summed E-state index contributed by atoms with van der Waals surface area (Å²) in [7, 11) is 0. The lowest BCUT2D eigenvalue weighted by molar-refractivity contribution is -0.123. The fourth-order valence-electron chi connectivity index (χ4n) is 2.11. The number of halogens is 1. The second-order valence-electron chi connectivity index (χ2n) is 5.21. The van der Waals surface area contributed by atoms with Crippen molar-refractivity contribution in [3.05, 3.63) is 63.0 Å². The summed E-state index contributed by atoms with van der Waals surface area (Å²) in [5.41, 5.74) is 3.39. The molecule has 2 aromatic carbocycles. The van der Waals surface area contributed by atoms with E-state index in [0.29, 0.717) is 11.1 Å². The number of hydrogen-bond acceptors (Lipinski definition) is 6. The zero-order chi connectivity index (χ0) is 18.8. The molecular formula is C17H11BrN2O4S2. The van der Waals surface area contributed by atoms with Crippen LogP contribution in [-0.2, 0) is 4.79 Å². The van der Waals surface area contributed by atoms with Gasteiger partial charge in [0.1, 0.15) is 0 Å². The van der Waals surface area contributed by atoms with Gasteiger partial charge in [0.15, 0.2) is 15.8 Å². The van der Waals surface area contributed by atoms with Crippen molar-refractivity contribution in [3.63, 3.8) is 0 Å². The number of nitrogens with one attached hydrogen (secondary N) is 1. The molecule has 0 atom stereocenters. The van der Waals surface area contributed by atoms with Crippen molar-refractivity contribution in [1.82, 2.24) is 10.4 Å². The van der Waals surface area contributed by atoms with E-state index in [1.165, 1.54) is 18.2 Å². The zero-order valence-corrected chi connectivity index (χ0v) is 16.2. The molecule has 1 fully saturated rings. The molecule has 2 amide bonds. The molecule has 1 saturated heterocycles. The van der Waals surface area contributed by atoms with Gasteiger partial charge in [-0.05, 0) is 60.3 Å². The largest absolute Gasteiger partial charge is 0.504 e. The second-order valence-corrected chi connectivity index (χ2v) is 7.80. The van der Waals surface area contributed by atoms with E-state index >= 15 is 0 Å². The van der Waals surface area contributed by atoms with Crippen LogP contribution in [0.15, 0.2) is 51.8 Å². The third-order valence-electron chi connectivity index (χ3n) is 3.41. The molecule has 3 rings (SSSR count). The fourth-order valence-corrected chi connectivity index (χ4v) is 3.56. The Kier molecular flexibility index (Phi) is 5.30. The average molecular weight is 451 g/mol. The number of phenolic OH excluding ortho intramolecular Hbond substituents is 2. The highest BCUT2D eigenvalue weighted by molar-refractivity contribution is 9.10. The zero-order valence-electron chi connectivity index (χ0n) is 13.0. The smallest absolute Gasteiger partial charge is 0.285 e. The molecule has 1 heterocycles. The molecule has 0 bridgehead atoms. The van der Waals surface area contributed by atoms with Crippen molar-refractivity contribution in [2.75, 3.05) is 0 Å². The molecule has 132 valence electrons. The van der Waals surface area contributed by atoms with E-state index in [-0.39, 0.29) is 20.7 Å². The molecule has 0 radical (unpaired) electrons. The summed E-state index contributed by atoms with van der Waals surface area (Å²) < 4.78 is 1.02. The Hall–Kier alpha value is -2.36. The maximum Gasteiger partial charge on any atom is 0.285 e. The highest BCUT2D eigenvalue weighted by Crippen LogP contribution is 2.33. The Labute approximate surface area is 166 Å². The van der Waals surface area contributed by atoms with Crippen LogP contribution >= 0.6 is 39.9 Å². The molecule has 0 aliphatic carbocycles. The van der Waals surface area contributed by atoms with Crippen molar-refractivity contribution in [1.29, 1.82) is 0 Å². The highest BCUT2D eigenvalue weighted by Gasteiger charge is 2.33. The van der Waals surface area contributed by atoms with Gasteiger partial charge in [-0.1, -0.05) is 33.8 Å². The molecule has 3 N–H and O–H groups in total. The third kappa shape index (κ3) is 3.90. The van der Waals surface area contributed by atoms with E-state index in [2.05, 4.69) is 21.4 Å². The van der Waals surface area contributed by atoms with Gasteiger partial charge in [-0.2, -0.15) is 5.01 Å². The van der Waals surface area contributed by atoms with Gasteiger partial charge in [0.2, 0.25) is 0 Å². The molecule has 26 heavy (non-hydrogen) atoms. The monoisotopic (exact) mass is 450 g/mol. The first-order valence-electron chi connectivity index (χ1n) is 7.21. The van der Waals surface area contributed by atoms with Crippen LogP contribution in [-0.4, -0.2) is 31.4 Å². The number of phenols is 2. The fraction of sp³-hybridized carbons (Fsp3) is 0. The maximum absolute atomic E-state index is 12.5. The number of hydrogen-bond donors (Lipinski definition) is 3. The number of aromatic hydroxyl groups is 2. The number of carbonyl (C=O) groups is 2. The lowest BCUT2D eigenvalue weighted by Crippen LogP contribution is -2.44. The van der Waals surface area contributed by atoms with E-state index in [1.807, 2.05) is 0 Å². The summed E-state index contributed by atoms with van der Waals surface area (Å²) in [6, 6.07) is 10.9. The highest BCUT2D eigenvalue weighted by atomic mass is 79.9. The van der Waals surface area contributed by atoms with Crippen molar-refractivity contribution in [3.8, 4) is 11.5 Å².